The highest BCUT2D eigenvalue weighted by Gasteiger charge is 2.45. The van der Waals surface area contributed by atoms with Crippen molar-refractivity contribution < 1.29 is 0 Å². The lowest BCUT2D eigenvalue weighted by Crippen LogP contribution is -2.23. The number of fused-ring (bicyclic) bond motifs is 1. The summed E-state index contributed by atoms with van der Waals surface area (Å²) in [4.78, 5) is 10.6. The largest absolute Gasteiger partial charge is 0.382 e. The van der Waals surface area contributed by atoms with Gasteiger partial charge < -0.3 is 10.6 Å². The lowest BCUT2D eigenvalue weighted by Gasteiger charge is -2.18. The van der Waals surface area contributed by atoms with Crippen molar-refractivity contribution in [2.45, 2.75) is 6.42 Å². The minimum atomic E-state index is 0.512. The summed E-state index contributed by atoms with van der Waals surface area (Å²) in [5, 5.41) is 0. The molecule has 1 aliphatic heterocycles. The van der Waals surface area contributed by atoms with E-state index in [1.807, 2.05) is 0 Å². The van der Waals surface area contributed by atoms with E-state index in [9.17, 15) is 0 Å². The van der Waals surface area contributed by atoms with Crippen molar-refractivity contribution in [3.05, 3.63) is 12.4 Å². The fraction of sp³-hybridized carbons (Fsp3) is 0.556. The molecule has 2 heterocycles. The Kier molecular flexibility index (Phi) is 1.28. The van der Waals surface area contributed by atoms with Crippen molar-refractivity contribution in [1.82, 2.24) is 9.97 Å². The maximum absolute atomic E-state index is 5.57. The molecule has 2 unspecified atom stereocenters. The lowest BCUT2D eigenvalue weighted by atomic mass is 10.4. The number of nitrogens with zero attached hydrogens (tertiary/aromatic N) is 3. The molecule has 2 atom stereocenters. The Morgan fingerprint density at radius 3 is 2.77 bits per heavy atom. The minimum absolute atomic E-state index is 0.512. The van der Waals surface area contributed by atoms with Crippen LogP contribution in [0.3, 0.4) is 0 Å². The zero-order valence-corrected chi connectivity index (χ0v) is 7.35. The second kappa shape index (κ2) is 2.34. The minimum Gasteiger partial charge on any atom is -0.382 e. The van der Waals surface area contributed by atoms with Crippen molar-refractivity contribution in [2.24, 2.45) is 11.8 Å². The molecule has 0 amide bonds. The number of anilines is 2. The summed E-state index contributed by atoms with van der Waals surface area (Å²) in [5.41, 5.74) is 5.57. The van der Waals surface area contributed by atoms with Gasteiger partial charge in [-0.3, -0.25) is 4.98 Å². The molecule has 1 aliphatic carbocycles. The van der Waals surface area contributed by atoms with Gasteiger partial charge in [-0.2, -0.15) is 0 Å². The molecule has 68 valence electrons. The lowest BCUT2D eigenvalue weighted by molar-refractivity contribution is 0.802. The maximum atomic E-state index is 5.57. The van der Waals surface area contributed by atoms with E-state index in [0.29, 0.717) is 5.82 Å². The summed E-state index contributed by atoms with van der Waals surface area (Å²) in [5.74, 6) is 3.29. The second-order valence-corrected chi connectivity index (χ2v) is 3.96. The monoisotopic (exact) mass is 176 g/mol. The van der Waals surface area contributed by atoms with E-state index in [4.69, 9.17) is 5.73 Å². The van der Waals surface area contributed by atoms with Crippen LogP contribution in [-0.4, -0.2) is 23.1 Å². The van der Waals surface area contributed by atoms with Crippen LogP contribution in [0.25, 0.3) is 0 Å². The van der Waals surface area contributed by atoms with Gasteiger partial charge in [-0.1, -0.05) is 0 Å². The van der Waals surface area contributed by atoms with Crippen LogP contribution in [0, 0.1) is 11.8 Å². The third-order valence-corrected chi connectivity index (χ3v) is 2.94. The summed E-state index contributed by atoms with van der Waals surface area (Å²) < 4.78 is 0. The molecule has 0 bridgehead atoms. The standard InChI is InChI=1S/C9H12N4/c10-8-2-11-3-9(12-8)13-4-6-1-7(6)5-13/h2-3,6-7H,1,4-5H2,(H2,10,12). The third-order valence-electron chi connectivity index (χ3n) is 2.94. The quantitative estimate of drug-likeness (QED) is 0.677. The Morgan fingerprint density at radius 2 is 2.08 bits per heavy atom. The normalized spacial score (nSPS) is 30.3. The van der Waals surface area contributed by atoms with Crippen LogP contribution in [0.1, 0.15) is 6.42 Å². The molecule has 1 saturated heterocycles. The first-order chi connectivity index (χ1) is 6.33. The van der Waals surface area contributed by atoms with Crippen LogP contribution in [0.5, 0.6) is 0 Å². The number of rotatable bonds is 1. The number of piperidine rings is 1. The molecular weight excluding hydrogens is 164 g/mol. The number of aromatic nitrogens is 2. The van der Waals surface area contributed by atoms with E-state index in [2.05, 4.69) is 14.9 Å². The van der Waals surface area contributed by atoms with Crippen molar-refractivity contribution in [3.63, 3.8) is 0 Å². The first kappa shape index (κ1) is 7.12. The number of hydrogen-bond donors (Lipinski definition) is 1. The number of nitrogens with two attached hydrogens (primary N) is 1. The van der Waals surface area contributed by atoms with E-state index in [1.165, 1.54) is 6.42 Å². The Hall–Kier alpha value is -1.32. The highest BCUT2D eigenvalue weighted by atomic mass is 15.2. The number of nitrogen functional groups attached to an aromatic ring is 1. The van der Waals surface area contributed by atoms with Crippen molar-refractivity contribution in [1.29, 1.82) is 0 Å². The highest BCUT2D eigenvalue weighted by molar-refractivity contribution is 5.43. The molecule has 4 heteroatoms. The molecule has 1 aromatic rings. The maximum Gasteiger partial charge on any atom is 0.149 e. The molecule has 3 rings (SSSR count). The first-order valence-electron chi connectivity index (χ1n) is 4.65. The molecule has 2 fully saturated rings. The SMILES string of the molecule is Nc1cncc(N2CC3CC3C2)n1. The Labute approximate surface area is 76.8 Å². The summed E-state index contributed by atoms with van der Waals surface area (Å²) in [7, 11) is 0. The zero-order chi connectivity index (χ0) is 8.84. The van der Waals surface area contributed by atoms with Crippen LogP contribution in [0.4, 0.5) is 11.6 Å². The molecule has 1 aromatic heterocycles. The van der Waals surface area contributed by atoms with Gasteiger partial charge in [-0.15, -0.1) is 0 Å². The van der Waals surface area contributed by atoms with Crippen molar-refractivity contribution in [3.8, 4) is 0 Å². The molecule has 13 heavy (non-hydrogen) atoms. The molecular formula is C9H12N4. The van der Waals surface area contributed by atoms with Gasteiger partial charge in [0.25, 0.3) is 0 Å². The van der Waals surface area contributed by atoms with Crippen LogP contribution in [0.2, 0.25) is 0 Å². The smallest absolute Gasteiger partial charge is 0.149 e. The molecule has 0 spiro atoms. The van der Waals surface area contributed by atoms with Gasteiger partial charge in [0.2, 0.25) is 0 Å². The summed E-state index contributed by atoms with van der Waals surface area (Å²) >= 11 is 0. The average Bonchev–Trinajstić information content (AvgIpc) is 2.74. The predicted octanol–water partition coefficient (Wildman–Crippen LogP) is 0.515. The van der Waals surface area contributed by atoms with Gasteiger partial charge in [0.05, 0.1) is 12.4 Å². The van der Waals surface area contributed by atoms with E-state index < -0.39 is 0 Å². The molecule has 4 nitrogen and oxygen atoms in total. The molecule has 2 aliphatic rings. The van der Waals surface area contributed by atoms with Gasteiger partial charge in [0.15, 0.2) is 0 Å². The van der Waals surface area contributed by atoms with Gasteiger partial charge in [0, 0.05) is 13.1 Å². The first-order valence-corrected chi connectivity index (χ1v) is 4.65. The zero-order valence-electron chi connectivity index (χ0n) is 7.35. The van der Waals surface area contributed by atoms with Crippen LogP contribution < -0.4 is 10.6 Å². The van der Waals surface area contributed by atoms with Crippen LogP contribution in [0.15, 0.2) is 12.4 Å². The molecule has 0 radical (unpaired) electrons. The van der Waals surface area contributed by atoms with Gasteiger partial charge in [-0.25, -0.2) is 4.98 Å². The van der Waals surface area contributed by atoms with Crippen molar-refractivity contribution in [2.75, 3.05) is 23.7 Å². The molecule has 1 saturated carbocycles. The summed E-state index contributed by atoms with van der Waals surface area (Å²) in [6, 6.07) is 0. The highest BCUT2D eigenvalue weighted by Crippen LogP contribution is 2.45. The van der Waals surface area contributed by atoms with E-state index in [1.54, 1.807) is 12.4 Å². The van der Waals surface area contributed by atoms with Gasteiger partial charge in [0.1, 0.15) is 11.6 Å². The Balaban J connectivity index is 1.84. The van der Waals surface area contributed by atoms with Crippen LogP contribution in [-0.2, 0) is 0 Å². The van der Waals surface area contributed by atoms with Gasteiger partial charge >= 0.3 is 0 Å². The topological polar surface area (TPSA) is 55.0 Å². The summed E-state index contributed by atoms with van der Waals surface area (Å²) in [6.45, 7) is 2.28. The summed E-state index contributed by atoms with van der Waals surface area (Å²) in [6.07, 6.45) is 4.79. The van der Waals surface area contributed by atoms with E-state index >= 15 is 0 Å². The fourth-order valence-corrected chi connectivity index (χ4v) is 2.11. The number of hydrogen-bond acceptors (Lipinski definition) is 4. The molecule has 2 N–H and O–H groups in total. The molecule has 0 aromatic carbocycles. The Morgan fingerprint density at radius 1 is 1.31 bits per heavy atom. The predicted molar refractivity (Wildman–Crippen MR) is 50.3 cm³/mol. The van der Waals surface area contributed by atoms with Crippen molar-refractivity contribution >= 4 is 11.6 Å². The van der Waals surface area contributed by atoms with Crippen LogP contribution >= 0.6 is 0 Å². The average molecular weight is 176 g/mol. The fourth-order valence-electron chi connectivity index (χ4n) is 2.11. The second-order valence-electron chi connectivity index (χ2n) is 3.96. The van der Waals surface area contributed by atoms with E-state index in [-0.39, 0.29) is 0 Å². The van der Waals surface area contributed by atoms with Gasteiger partial charge in [-0.05, 0) is 18.3 Å². The van der Waals surface area contributed by atoms with E-state index in [0.717, 1.165) is 30.7 Å². The Bertz CT molecular complexity index is 328. The third kappa shape index (κ3) is 1.13.